The highest BCUT2D eigenvalue weighted by Crippen LogP contribution is 2.38. The molecule has 2 aromatic carbocycles. The molecule has 0 saturated heterocycles. The Balaban J connectivity index is 1.74. The number of imidazole rings is 1. The SMILES string of the molecule is Cn1c(-c2cc(C(C)(C)C)ccc2O)nc2c(-c3cc(-c4ccccn4)cc(C(C)(C)C)c3)ccnc21. The topological polar surface area (TPSA) is 63.8 Å². The molecule has 188 valence electrons. The number of pyridine rings is 2. The molecule has 0 aliphatic rings. The van der Waals surface area contributed by atoms with Crippen LogP contribution in [0.15, 0.2) is 73.1 Å². The van der Waals surface area contributed by atoms with E-state index >= 15 is 0 Å². The second-order valence-corrected chi connectivity index (χ2v) is 11.8. The molecule has 3 heterocycles. The summed E-state index contributed by atoms with van der Waals surface area (Å²) in [5.41, 5.74) is 8.63. The highest BCUT2D eigenvalue weighted by atomic mass is 16.3. The highest BCUT2D eigenvalue weighted by molar-refractivity contribution is 5.93. The van der Waals surface area contributed by atoms with Crippen molar-refractivity contribution >= 4 is 11.2 Å². The van der Waals surface area contributed by atoms with Gasteiger partial charge in [0.1, 0.15) is 17.1 Å². The quantitative estimate of drug-likeness (QED) is 0.282. The van der Waals surface area contributed by atoms with Gasteiger partial charge in [-0.1, -0.05) is 59.7 Å². The number of nitrogens with zero attached hydrogens (tertiary/aromatic N) is 4. The number of aryl methyl sites for hydroxylation is 1. The van der Waals surface area contributed by atoms with Crippen LogP contribution in [0.2, 0.25) is 0 Å². The first-order valence-electron chi connectivity index (χ1n) is 12.7. The number of hydrogen-bond acceptors (Lipinski definition) is 4. The van der Waals surface area contributed by atoms with Crippen LogP contribution in [0, 0.1) is 0 Å². The van der Waals surface area contributed by atoms with Gasteiger partial charge in [-0.15, -0.1) is 0 Å². The Labute approximate surface area is 218 Å². The van der Waals surface area contributed by atoms with E-state index in [1.807, 2.05) is 60.4 Å². The van der Waals surface area contributed by atoms with Crippen molar-refractivity contribution in [3.8, 4) is 39.5 Å². The van der Waals surface area contributed by atoms with E-state index in [1.54, 1.807) is 6.07 Å². The fourth-order valence-corrected chi connectivity index (χ4v) is 4.63. The summed E-state index contributed by atoms with van der Waals surface area (Å²) in [6.07, 6.45) is 3.66. The van der Waals surface area contributed by atoms with Crippen molar-refractivity contribution in [2.45, 2.75) is 52.4 Å². The molecule has 0 spiro atoms. The summed E-state index contributed by atoms with van der Waals surface area (Å²) in [7, 11) is 1.95. The van der Waals surface area contributed by atoms with Gasteiger partial charge in [-0.3, -0.25) is 4.98 Å². The standard InChI is InChI=1S/C32H34N4O/c1-31(2,3)22-11-12-27(37)25(19-22)29-35-28-24(13-15-34-30(28)36(29)7)20-16-21(26-10-8-9-14-33-26)18-23(17-20)32(4,5)6/h8-19,37H,1-7H3. The van der Waals surface area contributed by atoms with Crippen LogP contribution in [-0.4, -0.2) is 24.6 Å². The Kier molecular flexibility index (Phi) is 5.90. The minimum absolute atomic E-state index is 0.0415. The van der Waals surface area contributed by atoms with Crippen LogP contribution in [0.4, 0.5) is 0 Å². The van der Waals surface area contributed by atoms with Crippen molar-refractivity contribution in [3.63, 3.8) is 0 Å². The first kappa shape index (κ1) is 24.7. The third-order valence-electron chi connectivity index (χ3n) is 6.93. The molecule has 5 rings (SSSR count). The molecule has 5 nitrogen and oxygen atoms in total. The molecule has 0 radical (unpaired) electrons. The average molecular weight is 491 g/mol. The number of hydrogen-bond donors (Lipinski definition) is 1. The van der Waals surface area contributed by atoms with Crippen LogP contribution in [0.25, 0.3) is 44.9 Å². The molecule has 0 bridgehead atoms. The van der Waals surface area contributed by atoms with Crippen LogP contribution in [0.5, 0.6) is 5.75 Å². The first-order valence-corrected chi connectivity index (χ1v) is 12.7. The molecule has 0 unspecified atom stereocenters. The maximum absolute atomic E-state index is 10.8. The van der Waals surface area contributed by atoms with Gasteiger partial charge in [-0.25, -0.2) is 9.97 Å². The van der Waals surface area contributed by atoms with E-state index in [-0.39, 0.29) is 16.6 Å². The van der Waals surface area contributed by atoms with Crippen molar-refractivity contribution in [2.75, 3.05) is 0 Å². The number of fused-ring (bicyclic) bond motifs is 1. The van der Waals surface area contributed by atoms with E-state index in [0.717, 1.165) is 39.1 Å². The lowest BCUT2D eigenvalue weighted by Gasteiger charge is -2.21. The first-order chi connectivity index (χ1) is 17.4. The van der Waals surface area contributed by atoms with Crippen molar-refractivity contribution in [1.29, 1.82) is 0 Å². The second kappa shape index (κ2) is 8.84. The maximum atomic E-state index is 10.8. The number of aromatic hydroxyl groups is 1. The lowest BCUT2D eigenvalue weighted by Crippen LogP contribution is -2.11. The minimum Gasteiger partial charge on any atom is -0.507 e. The Morgan fingerprint density at radius 3 is 2.11 bits per heavy atom. The summed E-state index contributed by atoms with van der Waals surface area (Å²) in [5.74, 6) is 0.899. The molecule has 5 heteroatoms. The largest absolute Gasteiger partial charge is 0.507 e. The zero-order valence-corrected chi connectivity index (χ0v) is 22.7. The maximum Gasteiger partial charge on any atom is 0.160 e. The Morgan fingerprint density at radius 2 is 1.43 bits per heavy atom. The van der Waals surface area contributed by atoms with Gasteiger partial charge in [0.05, 0.1) is 11.3 Å². The lowest BCUT2D eigenvalue weighted by molar-refractivity contribution is 0.475. The van der Waals surface area contributed by atoms with E-state index < -0.39 is 0 Å². The summed E-state index contributed by atoms with van der Waals surface area (Å²) in [5, 5.41) is 10.8. The zero-order chi connectivity index (χ0) is 26.5. The summed E-state index contributed by atoms with van der Waals surface area (Å²) < 4.78 is 1.97. The van der Waals surface area contributed by atoms with Crippen LogP contribution >= 0.6 is 0 Å². The number of phenolic OH excluding ortho intramolecular Hbond substituents is 1. The van der Waals surface area contributed by atoms with Crippen molar-refractivity contribution in [2.24, 2.45) is 7.05 Å². The molecule has 0 amide bonds. The minimum atomic E-state index is -0.0499. The molecule has 5 aromatic rings. The smallest absolute Gasteiger partial charge is 0.160 e. The van der Waals surface area contributed by atoms with Gasteiger partial charge in [0, 0.05) is 30.6 Å². The van der Waals surface area contributed by atoms with Crippen molar-refractivity contribution in [3.05, 3.63) is 84.2 Å². The average Bonchev–Trinajstić information content (AvgIpc) is 3.19. The molecule has 0 atom stereocenters. The monoisotopic (exact) mass is 490 g/mol. The number of aromatic nitrogens is 4. The van der Waals surface area contributed by atoms with Crippen LogP contribution < -0.4 is 0 Å². The van der Waals surface area contributed by atoms with Gasteiger partial charge < -0.3 is 9.67 Å². The molecular formula is C32H34N4O. The summed E-state index contributed by atoms with van der Waals surface area (Å²) in [4.78, 5) is 14.3. The second-order valence-electron chi connectivity index (χ2n) is 11.8. The van der Waals surface area contributed by atoms with E-state index in [9.17, 15) is 5.11 Å². The lowest BCUT2D eigenvalue weighted by atomic mass is 9.83. The third-order valence-corrected chi connectivity index (χ3v) is 6.93. The van der Waals surface area contributed by atoms with Crippen LogP contribution in [0.3, 0.4) is 0 Å². The molecule has 1 N–H and O–H groups in total. The van der Waals surface area contributed by atoms with Gasteiger partial charge in [-0.2, -0.15) is 0 Å². The van der Waals surface area contributed by atoms with E-state index in [4.69, 9.17) is 4.98 Å². The molecular weight excluding hydrogens is 456 g/mol. The van der Waals surface area contributed by atoms with Crippen LogP contribution in [0.1, 0.15) is 52.7 Å². The molecule has 0 aliphatic heterocycles. The Morgan fingerprint density at radius 1 is 0.703 bits per heavy atom. The third kappa shape index (κ3) is 4.62. The van der Waals surface area contributed by atoms with E-state index in [2.05, 4.69) is 69.7 Å². The fourth-order valence-electron chi connectivity index (χ4n) is 4.63. The van der Waals surface area contributed by atoms with Crippen molar-refractivity contribution < 1.29 is 5.11 Å². The predicted molar refractivity (Wildman–Crippen MR) is 152 cm³/mol. The van der Waals surface area contributed by atoms with E-state index in [0.29, 0.717) is 11.4 Å². The van der Waals surface area contributed by atoms with Gasteiger partial charge >= 0.3 is 0 Å². The van der Waals surface area contributed by atoms with Gasteiger partial charge in [0.2, 0.25) is 0 Å². The molecule has 0 aliphatic carbocycles. The molecule has 37 heavy (non-hydrogen) atoms. The zero-order valence-electron chi connectivity index (χ0n) is 22.7. The number of benzene rings is 2. The molecule has 0 saturated carbocycles. The normalized spacial score (nSPS) is 12.3. The van der Waals surface area contributed by atoms with E-state index in [1.165, 1.54) is 5.56 Å². The Bertz CT molecular complexity index is 1600. The summed E-state index contributed by atoms with van der Waals surface area (Å²) in [6.45, 7) is 13.2. The highest BCUT2D eigenvalue weighted by Gasteiger charge is 2.22. The fraction of sp³-hybridized carbons (Fsp3) is 0.281. The number of phenols is 1. The van der Waals surface area contributed by atoms with Crippen LogP contribution in [-0.2, 0) is 17.9 Å². The summed E-state index contributed by atoms with van der Waals surface area (Å²) >= 11 is 0. The molecule has 3 aromatic heterocycles. The van der Waals surface area contributed by atoms with Crippen molar-refractivity contribution in [1.82, 2.24) is 19.5 Å². The van der Waals surface area contributed by atoms with Gasteiger partial charge in [0.15, 0.2) is 5.65 Å². The summed E-state index contributed by atoms with van der Waals surface area (Å²) in [6, 6.07) is 20.4. The Hall–Kier alpha value is -3.99. The number of rotatable bonds is 3. The van der Waals surface area contributed by atoms with Gasteiger partial charge in [-0.05, 0) is 70.0 Å². The molecule has 0 fully saturated rings. The van der Waals surface area contributed by atoms with Gasteiger partial charge in [0.25, 0.3) is 0 Å². The predicted octanol–water partition coefficient (Wildman–Crippen LogP) is 7.66.